The van der Waals surface area contributed by atoms with Crippen LogP contribution in [-0.4, -0.2) is 0 Å². The van der Waals surface area contributed by atoms with E-state index in [-0.39, 0.29) is 0 Å². The maximum atomic E-state index is 6.09. The number of halogens is 1. The summed E-state index contributed by atoms with van der Waals surface area (Å²) >= 11 is 6.09. The zero-order valence-electron chi connectivity index (χ0n) is 12.2. The topological polar surface area (TPSA) is 0 Å². The van der Waals surface area contributed by atoms with Crippen molar-refractivity contribution in [3.05, 3.63) is 65.2 Å². The third-order valence-electron chi connectivity index (χ3n) is 3.53. The third kappa shape index (κ3) is 3.52. The predicted molar refractivity (Wildman–Crippen MR) is 90.2 cm³/mol. The molecule has 0 bridgehead atoms. The highest BCUT2D eigenvalue weighted by atomic mass is 35.5. The molecule has 0 nitrogen and oxygen atoms in total. The first kappa shape index (κ1) is 14.9. The molecule has 0 radical (unpaired) electrons. The van der Waals surface area contributed by atoms with Gasteiger partial charge in [0.15, 0.2) is 0 Å². The van der Waals surface area contributed by atoms with Gasteiger partial charge in [0.2, 0.25) is 0 Å². The molecule has 0 aliphatic heterocycles. The first-order valence-electron chi connectivity index (χ1n) is 7.16. The lowest BCUT2D eigenvalue weighted by Crippen LogP contribution is -1.89. The first-order chi connectivity index (χ1) is 9.61. The largest absolute Gasteiger partial charge is 0.0955 e. The van der Waals surface area contributed by atoms with Crippen LogP contribution < -0.4 is 0 Å². The molecular formula is C19H21Cl. The summed E-state index contributed by atoms with van der Waals surface area (Å²) in [5.74, 6) is 0. The number of hydrogen-bond acceptors (Lipinski definition) is 0. The minimum absolute atomic E-state index is 0.756. The molecule has 0 aliphatic carbocycles. The van der Waals surface area contributed by atoms with Gasteiger partial charge >= 0.3 is 0 Å². The van der Waals surface area contributed by atoms with E-state index >= 15 is 0 Å². The van der Waals surface area contributed by atoms with Gasteiger partial charge in [-0.25, -0.2) is 0 Å². The van der Waals surface area contributed by atoms with Gasteiger partial charge in [-0.05, 0) is 54.2 Å². The molecule has 0 amide bonds. The highest BCUT2D eigenvalue weighted by Gasteiger charge is 2.07. The zero-order chi connectivity index (χ0) is 14.5. The summed E-state index contributed by atoms with van der Waals surface area (Å²) in [7, 11) is 0. The summed E-state index contributed by atoms with van der Waals surface area (Å²) in [5, 5.41) is 0.756. The van der Waals surface area contributed by atoms with Gasteiger partial charge in [-0.15, -0.1) is 0 Å². The standard InChI is InChI=1S/C19H21Cl/c1-4-5-6-15-7-9-16(10-8-15)18-12-11-17(20)13-19(18)14(2)3/h7-13H,2,4-6H2,1,3H3. The fourth-order valence-corrected chi connectivity index (χ4v) is 2.53. The monoisotopic (exact) mass is 284 g/mol. The number of unbranched alkanes of at least 4 members (excludes halogenated alkanes) is 1. The van der Waals surface area contributed by atoms with Crippen LogP contribution in [0, 0.1) is 0 Å². The lowest BCUT2D eigenvalue weighted by molar-refractivity contribution is 0.795. The molecule has 0 aromatic heterocycles. The van der Waals surface area contributed by atoms with Crippen molar-refractivity contribution >= 4 is 17.2 Å². The second-order valence-electron chi connectivity index (χ2n) is 5.27. The van der Waals surface area contributed by atoms with Gasteiger partial charge in [-0.3, -0.25) is 0 Å². The van der Waals surface area contributed by atoms with E-state index < -0.39 is 0 Å². The number of benzene rings is 2. The zero-order valence-corrected chi connectivity index (χ0v) is 13.0. The lowest BCUT2D eigenvalue weighted by Gasteiger charge is -2.11. The minimum atomic E-state index is 0.756. The van der Waals surface area contributed by atoms with Crippen LogP contribution in [-0.2, 0) is 6.42 Å². The van der Waals surface area contributed by atoms with Crippen molar-refractivity contribution in [2.24, 2.45) is 0 Å². The Morgan fingerprint density at radius 2 is 1.80 bits per heavy atom. The molecular weight excluding hydrogens is 264 g/mol. The van der Waals surface area contributed by atoms with Crippen LogP contribution in [0.2, 0.25) is 5.02 Å². The van der Waals surface area contributed by atoms with Gasteiger partial charge in [0.25, 0.3) is 0 Å². The fourth-order valence-electron chi connectivity index (χ4n) is 2.35. The first-order valence-corrected chi connectivity index (χ1v) is 7.54. The smallest absolute Gasteiger partial charge is 0.0412 e. The van der Waals surface area contributed by atoms with Gasteiger partial charge in [-0.1, -0.05) is 67.4 Å². The fraction of sp³-hybridized carbons (Fsp3) is 0.263. The Labute approximate surface area is 127 Å². The third-order valence-corrected chi connectivity index (χ3v) is 3.76. The average Bonchev–Trinajstić information content (AvgIpc) is 2.45. The van der Waals surface area contributed by atoms with Gasteiger partial charge in [0, 0.05) is 5.02 Å². The molecule has 0 fully saturated rings. The molecule has 104 valence electrons. The van der Waals surface area contributed by atoms with Crippen molar-refractivity contribution in [2.45, 2.75) is 33.1 Å². The molecule has 0 heterocycles. The van der Waals surface area contributed by atoms with E-state index in [2.05, 4.69) is 43.8 Å². The van der Waals surface area contributed by atoms with Crippen molar-refractivity contribution in [2.75, 3.05) is 0 Å². The average molecular weight is 285 g/mol. The van der Waals surface area contributed by atoms with E-state index in [1.165, 1.54) is 29.5 Å². The van der Waals surface area contributed by atoms with Gasteiger partial charge in [0.1, 0.15) is 0 Å². The Hall–Kier alpha value is -1.53. The second-order valence-corrected chi connectivity index (χ2v) is 5.71. The van der Waals surface area contributed by atoms with Crippen LogP contribution in [0.5, 0.6) is 0 Å². The van der Waals surface area contributed by atoms with E-state index in [9.17, 15) is 0 Å². The van der Waals surface area contributed by atoms with Crippen molar-refractivity contribution in [1.82, 2.24) is 0 Å². The van der Waals surface area contributed by atoms with Gasteiger partial charge < -0.3 is 0 Å². The van der Waals surface area contributed by atoms with E-state index in [4.69, 9.17) is 11.6 Å². The summed E-state index contributed by atoms with van der Waals surface area (Å²) in [6.07, 6.45) is 3.64. The van der Waals surface area contributed by atoms with Gasteiger partial charge in [-0.2, -0.15) is 0 Å². The SMILES string of the molecule is C=C(C)c1cc(Cl)ccc1-c1ccc(CCCC)cc1. The van der Waals surface area contributed by atoms with Crippen LogP contribution in [0.4, 0.5) is 0 Å². The van der Waals surface area contributed by atoms with Crippen LogP contribution in [0.25, 0.3) is 16.7 Å². The Morgan fingerprint density at radius 3 is 2.40 bits per heavy atom. The quantitative estimate of drug-likeness (QED) is 0.597. The van der Waals surface area contributed by atoms with E-state index in [1.54, 1.807) is 0 Å². The number of rotatable bonds is 5. The van der Waals surface area contributed by atoms with Crippen molar-refractivity contribution in [3.8, 4) is 11.1 Å². The lowest BCUT2D eigenvalue weighted by atomic mass is 9.95. The normalized spacial score (nSPS) is 10.6. The van der Waals surface area contributed by atoms with Crippen LogP contribution in [0.15, 0.2) is 49.0 Å². The molecule has 0 saturated heterocycles. The Balaban J connectivity index is 2.34. The Kier molecular flexibility index (Phi) is 5.03. The molecule has 0 aliphatic rings. The molecule has 2 rings (SSSR count). The van der Waals surface area contributed by atoms with Crippen molar-refractivity contribution in [3.63, 3.8) is 0 Å². The molecule has 2 aromatic carbocycles. The summed E-state index contributed by atoms with van der Waals surface area (Å²) in [6, 6.07) is 14.8. The molecule has 20 heavy (non-hydrogen) atoms. The van der Waals surface area contributed by atoms with Crippen LogP contribution in [0.3, 0.4) is 0 Å². The van der Waals surface area contributed by atoms with Crippen LogP contribution in [0.1, 0.15) is 37.8 Å². The molecule has 0 atom stereocenters. The summed E-state index contributed by atoms with van der Waals surface area (Å²) in [4.78, 5) is 0. The number of aryl methyl sites for hydroxylation is 1. The maximum absolute atomic E-state index is 6.09. The Morgan fingerprint density at radius 1 is 1.10 bits per heavy atom. The molecule has 0 N–H and O–H groups in total. The Bertz CT molecular complexity index is 594. The van der Waals surface area contributed by atoms with Crippen molar-refractivity contribution < 1.29 is 0 Å². The van der Waals surface area contributed by atoms with E-state index in [1.807, 2.05) is 19.1 Å². The highest BCUT2D eigenvalue weighted by Crippen LogP contribution is 2.30. The number of hydrogen-bond donors (Lipinski definition) is 0. The van der Waals surface area contributed by atoms with E-state index in [0.29, 0.717) is 0 Å². The van der Waals surface area contributed by atoms with E-state index in [0.717, 1.165) is 22.6 Å². The minimum Gasteiger partial charge on any atom is -0.0955 e. The van der Waals surface area contributed by atoms with Crippen LogP contribution >= 0.6 is 11.6 Å². The van der Waals surface area contributed by atoms with Gasteiger partial charge in [0.05, 0.1) is 0 Å². The molecule has 2 aromatic rings. The number of allylic oxidation sites excluding steroid dienone is 1. The molecule has 1 heteroatoms. The molecule has 0 unspecified atom stereocenters. The summed E-state index contributed by atoms with van der Waals surface area (Å²) in [5.41, 5.74) is 5.99. The summed E-state index contributed by atoms with van der Waals surface area (Å²) in [6.45, 7) is 8.29. The highest BCUT2D eigenvalue weighted by molar-refractivity contribution is 6.30. The maximum Gasteiger partial charge on any atom is 0.0412 e. The second kappa shape index (κ2) is 6.76. The summed E-state index contributed by atoms with van der Waals surface area (Å²) < 4.78 is 0. The predicted octanol–water partition coefficient (Wildman–Crippen LogP) is 6.38. The van der Waals surface area contributed by atoms with Crippen molar-refractivity contribution in [1.29, 1.82) is 0 Å². The molecule has 0 saturated carbocycles. The molecule has 0 spiro atoms.